The van der Waals surface area contributed by atoms with Crippen molar-refractivity contribution in [3.05, 3.63) is 99.4 Å². The van der Waals surface area contributed by atoms with Crippen molar-refractivity contribution in [2.75, 3.05) is 0 Å². The smallest absolute Gasteiger partial charge is 0.355 e. The number of ether oxygens (including phenoxy) is 1. The van der Waals surface area contributed by atoms with Crippen LogP contribution in [0.5, 0.6) is 5.75 Å². The molecule has 154 valence electrons. The van der Waals surface area contributed by atoms with Gasteiger partial charge in [0, 0.05) is 21.2 Å². The Bertz CT molecular complexity index is 1310. The second-order valence-electron chi connectivity index (χ2n) is 6.74. The van der Waals surface area contributed by atoms with Gasteiger partial charge in [0.2, 0.25) is 0 Å². The quantitative estimate of drug-likeness (QED) is 0.180. The van der Waals surface area contributed by atoms with Crippen molar-refractivity contribution in [3.63, 3.8) is 0 Å². The van der Waals surface area contributed by atoms with Crippen molar-refractivity contribution in [2.45, 2.75) is 6.92 Å². The molecule has 0 radical (unpaired) electrons. The zero-order valence-corrected chi connectivity index (χ0v) is 18.0. The molecule has 4 aromatic rings. The van der Waals surface area contributed by atoms with Gasteiger partial charge in [-0.15, -0.1) is 11.3 Å². The highest BCUT2D eigenvalue weighted by Crippen LogP contribution is 2.35. The van der Waals surface area contributed by atoms with E-state index in [1.165, 1.54) is 17.6 Å². The zero-order valence-electron chi connectivity index (χ0n) is 16.5. The van der Waals surface area contributed by atoms with E-state index in [0.29, 0.717) is 26.8 Å². The van der Waals surface area contributed by atoms with E-state index < -0.39 is 5.97 Å². The van der Waals surface area contributed by atoms with Crippen LogP contribution in [0.2, 0.25) is 5.02 Å². The predicted molar refractivity (Wildman–Crippen MR) is 124 cm³/mol. The first-order chi connectivity index (χ1) is 15.0. The van der Waals surface area contributed by atoms with Crippen molar-refractivity contribution in [1.82, 2.24) is 5.43 Å². The van der Waals surface area contributed by atoms with E-state index in [4.69, 9.17) is 16.3 Å². The molecule has 7 heteroatoms. The van der Waals surface area contributed by atoms with Gasteiger partial charge in [0.05, 0.1) is 11.2 Å². The molecule has 31 heavy (non-hydrogen) atoms. The molecule has 0 fully saturated rings. The van der Waals surface area contributed by atoms with Crippen LogP contribution in [0.4, 0.5) is 0 Å². The molecule has 0 aliphatic rings. The van der Waals surface area contributed by atoms with E-state index in [0.717, 1.165) is 15.6 Å². The Balaban J connectivity index is 1.50. The third-order valence-corrected chi connectivity index (χ3v) is 6.15. The van der Waals surface area contributed by atoms with Gasteiger partial charge in [-0.25, -0.2) is 10.2 Å². The summed E-state index contributed by atoms with van der Waals surface area (Å²) in [6.07, 6.45) is 1.43. The number of hydrazone groups is 1. The number of thiophene rings is 1. The number of aryl methyl sites for hydroxylation is 1. The second-order valence-corrected chi connectivity index (χ2v) is 8.17. The fourth-order valence-electron chi connectivity index (χ4n) is 2.98. The maximum atomic E-state index is 12.7. The highest BCUT2D eigenvalue weighted by Gasteiger charge is 2.19. The molecule has 0 aliphatic heterocycles. The van der Waals surface area contributed by atoms with Crippen molar-refractivity contribution in [3.8, 4) is 5.75 Å². The normalized spacial score (nSPS) is 11.0. The van der Waals surface area contributed by atoms with E-state index in [1.54, 1.807) is 36.4 Å². The number of benzene rings is 3. The van der Waals surface area contributed by atoms with Crippen molar-refractivity contribution < 1.29 is 14.3 Å². The first-order valence-electron chi connectivity index (χ1n) is 9.41. The van der Waals surface area contributed by atoms with Gasteiger partial charge >= 0.3 is 5.97 Å². The first-order valence-corrected chi connectivity index (χ1v) is 10.6. The maximum Gasteiger partial charge on any atom is 0.355 e. The summed E-state index contributed by atoms with van der Waals surface area (Å²) in [7, 11) is 0. The van der Waals surface area contributed by atoms with Crippen LogP contribution in [-0.4, -0.2) is 18.1 Å². The minimum atomic E-state index is -0.546. The standard InChI is InChI=1S/C24H17ClN2O3S/c1-15-7-6-9-16(13-15)23(28)27-26-14-17-8-2-4-11-19(17)30-24(29)22-21(25)18-10-3-5-12-20(18)31-22/h2-14H,1H3,(H,27,28). The fourth-order valence-corrected chi connectivity index (χ4v) is 4.37. The molecule has 4 rings (SSSR count). The lowest BCUT2D eigenvalue weighted by Crippen LogP contribution is -2.17. The van der Waals surface area contributed by atoms with E-state index in [-0.39, 0.29) is 5.91 Å². The zero-order chi connectivity index (χ0) is 21.8. The molecular formula is C24H17ClN2O3S. The van der Waals surface area contributed by atoms with Gasteiger partial charge in [0.1, 0.15) is 10.6 Å². The molecule has 0 spiro atoms. The summed E-state index contributed by atoms with van der Waals surface area (Å²) in [5.74, 6) is -0.558. The highest BCUT2D eigenvalue weighted by molar-refractivity contribution is 7.21. The van der Waals surface area contributed by atoms with Gasteiger partial charge in [-0.2, -0.15) is 5.10 Å². The van der Waals surface area contributed by atoms with Crippen molar-refractivity contribution in [1.29, 1.82) is 0 Å². The van der Waals surface area contributed by atoms with Crippen LogP contribution in [0.15, 0.2) is 77.9 Å². The number of halogens is 1. The minimum absolute atomic E-state index is 0.314. The van der Waals surface area contributed by atoms with Crippen molar-refractivity contribution in [2.24, 2.45) is 5.10 Å². The third kappa shape index (κ3) is 4.66. The summed E-state index contributed by atoms with van der Waals surface area (Å²) in [6.45, 7) is 1.91. The second kappa shape index (κ2) is 9.12. The van der Waals surface area contributed by atoms with E-state index >= 15 is 0 Å². The molecule has 1 amide bonds. The van der Waals surface area contributed by atoms with Gasteiger partial charge in [0.25, 0.3) is 5.91 Å². The summed E-state index contributed by atoms with van der Waals surface area (Å²) in [4.78, 5) is 25.3. The number of fused-ring (bicyclic) bond motifs is 1. The van der Waals surface area contributed by atoms with Gasteiger partial charge < -0.3 is 4.74 Å². The van der Waals surface area contributed by atoms with Crippen LogP contribution in [0, 0.1) is 6.92 Å². The molecule has 1 heterocycles. The summed E-state index contributed by atoms with van der Waals surface area (Å²) < 4.78 is 6.49. The molecule has 5 nitrogen and oxygen atoms in total. The molecule has 0 saturated heterocycles. The summed E-state index contributed by atoms with van der Waals surface area (Å²) in [6, 6.07) is 21.6. The number of amides is 1. The molecule has 0 aliphatic carbocycles. The Morgan fingerprint density at radius 1 is 1.03 bits per heavy atom. The highest BCUT2D eigenvalue weighted by atomic mass is 35.5. The number of hydrogen-bond donors (Lipinski definition) is 1. The minimum Gasteiger partial charge on any atom is -0.422 e. The van der Waals surface area contributed by atoms with Gasteiger partial charge in [-0.1, -0.05) is 59.6 Å². The molecule has 0 bridgehead atoms. The predicted octanol–water partition coefficient (Wildman–Crippen LogP) is 5.85. The SMILES string of the molecule is Cc1cccc(C(=O)NN=Cc2ccccc2OC(=O)c2sc3ccccc3c2Cl)c1. The fraction of sp³-hybridized carbons (Fsp3) is 0.0417. The number of rotatable bonds is 5. The third-order valence-electron chi connectivity index (χ3n) is 4.49. The van der Waals surface area contributed by atoms with Crippen LogP contribution in [0.25, 0.3) is 10.1 Å². The number of carbonyl (C=O) groups excluding carboxylic acids is 2. The molecule has 1 N–H and O–H groups in total. The molecule has 0 unspecified atom stereocenters. The number of para-hydroxylation sites is 1. The average molecular weight is 449 g/mol. The largest absolute Gasteiger partial charge is 0.422 e. The maximum absolute atomic E-state index is 12.7. The van der Waals surface area contributed by atoms with Gasteiger partial charge in [-0.3, -0.25) is 4.79 Å². The number of esters is 1. The van der Waals surface area contributed by atoms with E-state index in [2.05, 4.69) is 10.5 Å². The lowest BCUT2D eigenvalue weighted by molar-refractivity contribution is 0.0739. The number of carbonyl (C=O) groups is 2. The molecular weight excluding hydrogens is 432 g/mol. The summed E-state index contributed by atoms with van der Waals surface area (Å²) in [5.41, 5.74) is 4.51. The monoisotopic (exact) mass is 448 g/mol. The van der Waals surface area contributed by atoms with E-state index in [9.17, 15) is 9.59 Å². The van der Waals surface area contributed by atoms with Gasteiger partial charge in [-0.05, 0) is 37.3 Å². The average Bonchev–Trinajstić information content (AvgIpc) is 3.12. The Hall–Kier alpha value is -3.48. The summed E-state index contributed by atoms with van der Waals surface area (Å²) in [5, 5.41) is 5.19. The Labute approximate surface area is 187 Å². The number of nitrogens with one attached hydrogen (secondary N) is 1. The topological polar surface area (TPSA) is 67.8 Å². The molecule has 1 aromatic heterocycles. The Morgan fingerprint density at radius 3 is 2.61 bits per heavy atom. The van der Waals surface area contributed by atoms with Crippen LogP contribution < -0.4 is 10.2 Å². The molecule has 0 saturated carbocycles. The lowest BCUT2D eigenvalue weighted by atomic mass is 10.1. The molecule has 0 atom stereocenters. The van der Waals surface area contributed by atoms with Crippen LogP contribution in [-0.2, 0) is 0 Å². The van der Waals surface area contributed by atoms with Crippen LogP contribution >= 0.6 is 22.9 Å². The summed E-state index contributed by atoms with van der Waals surface area (Å²) >= 11 is 7.66. The first kappa shape index (κ1) is 20.8. The Morgan fingerprint density at radius 2 is 1.81 bits per heavy atom. The molecule has 3 aromatic carbocycles. The lowest BCUT2D eigenvalue weighted by Gasteiger charge is -2.06. The van der Waals surface area contributed by atoms with Crippen LogP contribution in [0.1, 0.15) is 31.2 Å². The van der Waals surface area contributed by atoms with E-state index in [1.807, 2.05) is 43.3 Å². The number of nitrogens with zero attached hydrogens (tertiary/aromatic N) is 1. The van der Waals surface area contributed by atoms with Crippen molar-refractivity contribution >= 4 is 51.1 Å². The van der Waals surface area contributed by atoms with Gasteiger partial charge in [0.15, 0.2) is 0 Å². The number of hydrogen-bond acceptors (Lipinski definition) is 5. The Kier molecular flexibility index (Phi) is 6.11. The van der Waals surface area contributed by atoms with Crippen LogP contribution in [0.3, 0.4) is 0 Å².